The van der Waals surface area contributed by atoms with E-state index in [1.807, 2.05) is 0 Å². The molecular weight excluding hydrogens is 259 g/mol. The summed E-state index contributed by atoms with van der Waals surface area (Å²) < 4.78 is 18.2. The minimum absolute atomic E-state index is 0. The van der Waals surface area contributed by atoms with Crippen LogP contribution in [0, 0.1) is 39.9 Å². The van der Waals surface area contributed by atoms with Gasteiger partial charge in [0.15, 0.2) is 0 Å². The zero-order valence-electron chi connectivity index (χ0n) is 2.86. The summed E-state index contributed by atoms with van der Waals surface area (Å²) in [6, 6.07) is 0. The Morgan fingerprint density at radius 1 is 0.857 bits per heavy atom. The molecule has 0 aliphatic rings. The normalized spacial score (nSPS) is 2.57. The molecule has 7 heteroatoms. The molecule has 0 fully saturated rings. The molecule has 7 heavy (non-hydrogen) atoms. The van der Waals surface area contributed by atoms with E-state index in [1.54, 1.807) is 0 Å². The van der Waals surface area contributed by atoms with Crippen molar-refractivity contribution in [2.75, 3.05) is 0 Å². The first-order valence-corrected chi connectivity index (χ1v) is 0.309. The van der Waals surface area contributed by atoms with Gasteiger partial charge in [0.1, 0.15) is 0 Å². The van der Waals surface area contributed by atoms with E-state index in [1.165, 1.54) is 5.15 Å². The molecule has 0 spiro atoms. The van der Waals surface area contributed by atoms with E-state index < -0.39 is 0 Å². The van der Waals surface area contributed by atoms with Gasteiger partial charge in [-0.2, -0.15) is 0 Å². The number of hydrogen-bond donors (Lipinski definition) is 0. The molecule has 0 heterocycles. The second-order valence-corrected chi connectivity index (χ2v) is 0.0583. The topological polar surface area (TPSA) is 99.2 Å². The van der Waals surface area contributed by atoms with Crippen LogP contribution in [-0.4, -0.2) is 16.4 Å². The molecule has 0 aromatic heterocycles. The average Bonchev–Trinajstić information content (AvgIpc) is 0.918. The van der Waals surface area contributed by atoms with Gasteiger partial charge in [-0.3, -0.25) is 0 Å². The zero-order valence-corrected chi connectivity index (χ0v) is 5.13. The predicted molar refractivity (Wildman–Crippen MR) is 9.11 cm³/mol. The number of hydrogen-bond acceptors (Lipinski definition) is 4. The molecule has 0 bridgehead atoms. The van der Waals surface area contributed by atoms with E-state index in [4.69, 9.17) is 9.05 Å². The maximum atomic E-state index is 9.12. The SMILES string of the molecule is FOF.[Gd+3].[OH-].[OH-].[OH-]. The van der Waals surface area contributed by atoms with Gasteiger partial charge < -0.3 is 16.4 Å². The molecule has 0 amide bonds. The molecular formula is H3F2GdO4. The minimum Gasteiger partial charge on any atom is -0.870 e. The quantitative estimate of drug-likeness (QED) is 0.624. The molecule has 0 atom stereocenters. The van der Waals surface area contributed by atoms with Crippen molar-refractivity contribution in [2.24, 2.45) is 0 Å². The van der Waals surface area contributed by atoms with Gasteiger partial charge in [-0.15, -0.1) is 0 Å². The van der Waals surface area contributed by atoms with Gasteiger partial charge in [-0.1, -0.05) is 0 Å². The Balaban J connectivity index is -0.00000000333. The first-order chi connectivity index (χ1) is 1.41. The summed E-state index contributed by atoms with van der Waals surface area (Å²) in [5, 5.41) is 1.25. The van der Waals surface area contributed by atoms with Crippen molar-refractivity contribution < 1.29 is 70.6 Å². The van der Waals surface area contributed by atoms with Crippen molar-refractivity contribution in [3.05, 3.63) is 0 Å². The Hall–Kier alpha value is 1.02. The maximum absolute atomic E-state index is 9.12. The minimum atomic E-state index is 0. The molecule has 0 aromatic carbocycles. The standard InChI is InChI=1S/F2O.Gd.3H2O/c1-3-2;;;;/h;;3*1H2/q;+3;;;/p-3. The molecule has 0 unspecified atom stereocenters. The predicted octanol–water partition coefficient (Wildman–Crippen LogP) is 0.242. The molecule has 0 aliphatic heterocycles. The van der Waals surface area contributed by atoms with Crippen molar-refractivity contribution in [3.63, 3.8) is 0 Å². The van der Waals surface area contributed by atoms with Gasteiger partial charge in [0.25, 0.3) is 0 Å². The van der Waals surface area contributed by atoms with Crippen LogP contribution < -0.4 is 0 Å². The van der Waals surface area contributed by atoms with Crippen LogP contribution in [-0.2, 0) is 5.15 Å². The molecule has 0 aromatic rings. The van der Waals surface area contributed by atoms with E-state index in [-0.39, 0.29) is 56.4 Å². The Kier molecular flexibility index (Phi) is 385. The summed E-state index contributed by atoms with van der Waals surface area (Å²) in [4.78, 5) is 0. The molecule has 0 saturated heterocycles. The van der Waals surface area contributed by atoms with E-state index in [2.05, 4.69) is 0 Å². The smallest absolute Gasteiger partial charge is 0.870 e. The second-order valence-electron chi connectivity index (χ2n) is 0.0583. The fraction of sp³-hybridized carbons (Fsp3) is 0. The third-order valence-electron chi connectivity index (χ3n) is 0. The van der Waals surface area contributed by atoms with E-state index >= 15 is 0 Å². The largest absolute Gasteiger partial charge is 3.00 e. The van der Waals surface area contributed by atoms with Crippen LogP contribution in [0.1, 0.15) is 0 Å². The van der Waals surface area contributed by atoms with Crippen molar-refractivity contribution in [3.8, 4) is 0 Å². The van der Waals surface area contributed by atoms with Crippen molar-refractivity contribution in [2.45, 2.75) is 0 Å². The summed E-state index contributed by atoms with van der Waals surface area (Å²) >= 11 is 0. The van der Waals surface area contributed by atoms with Crippen LogP contribution >= 0.6 is 0 Å². The van der Waals surface area contributed by atoms with E-state index in [9.17, 15) is 0 Å². The third kappa shape index (κ3) is 169. The van der Waals surface area contributed by atoms with Crippen LogP contribution in [0.4, 0.5) is 9.05 Å². The fourth-order valence-corrected chi connectivity index (χ4v) is 0. The van der Waals surface area contributed by atoms with Gasteiger partial charge in [-0.05, 0) is 9.05 Å². The molecule has 3 N–H and O–H groups in total. The Bertz CT molecular complexity index is 9.65. The Labute approximate surface area is 70.2 Å². The van der Waals surface area contributed by atoms with Gasteiger partial charge in [0.05, 0.1) is 0 Å². The molecule has 0 saturated carbocycles. The van der Waals surface area contributed by atoms with Crippen LogP contribution in [0.5, 0.6) is 0 Å². The van der Waals surface area contributed by atoms with Crippen LogP contribution in [0.2, 0.25) is 0 Å². The summed E-state index contributed by atoms with van der Waals surface area (Å²) in [5.41, 5.74) is 0. The maximum Gasteiger partial charge on any atom is 3.00 e. The first-order valence-electron chi connectivity index (χ1n) is 0.309. The van der Waals surface area contributed by atoms with E-state index in [0.717, 1.165) is 0 Å². The van der Waals surface area contributed by atoms with Gasteiger partial charge in [0.2, 0.25) is 0 Å². The number of rotatable bonds is 0. The average molecular weight is 262 g/mol. The molecule has 0 aliphatic carbocycles. The van der Waals surface area contributed by atoms with Gasteiger partial charge in [-0.25, -0.2) is 0 Å². The number of halogens is 2. The monoisotopic (exact) mass is 263 g/mol. The molecule has 4 nitrogen and oxygen atoms in total. The van der Waals surface area contributed by atoms with E-state index in [0.29, 0.717) is 0 Å². The van der Waals surface area contributed by atoms with Crippen molar-refractivity contribution in [1.82, 2.24) is 0 Å². The van der Waals surface area contributed by atoms with Crippen LogP contribution in [0.25, 0.3) is 0 Å². The van der Waals surface area contributed by atoms with Crippen molar-refractivity contribution >= 4 is 0 Å². The van der Waals surface area contributed by atoms with Crippen molar-refractivity contribution in [1.29, 1.82) is 0 Å². The van der Waals surface area contributed by atoms with Crippen LogP contribution in [0.15, 0.2) is 0 Å². The second kappa shape index (κ2) is 62.2. The molecule has 0 rings (SSSR count). The summed E-state index contributed by atoms with van der Waals surface area (Å²) in [6.45, 7) is 0. The summed E-state index contributed by atoms with van der Waals surface area (Å²) in [7, 11) is 0. The fourth-order valence-electron chi connectivity index (χ4n) is 0. The Morgan fingerprint density at radius 3 is 0.857 bits per heavy atom. The summed E-state index contributed by atoms with van der Waals surface area (Å²) in [5.74, 6) is 0. The molecule has 1 radical (unpaired) electrons. The summed E-state index contributed by atoms with van der Waals surface area (Å²) in [6.07, 6.45) is 0. The third-order valence-corrected chi connectivity index (χ3v) is 0. The zero-order chi connectivity index (χ0) is 2.71. The van der Waals surface area contributed by atoms with Gasteiger partial charge in [0, 0.05) is 5.15 Å². The van der Waals surface area contributed by atoms with Gasteiger partial charge >= 0.3 is 39.9 Å². The Morgan fingerprint density at radius 2 is 0.857 bits per heavy atom. The first kappa shape index (κ1) is 43.3. The molecule has 49 valence electrons. The van der Waals surface area contributed by atoms with Crippen LogP contribution in [0.3, 0.4) is 0 Å².